The predicted molar refractivity (Wildman–Crippen MR) is 192 cm³/mol. The molecule has 0 fully saturated rings. The number of benzene rings is 2. The van der Waals surface area contributed by atoms with Crippen LogP contribution in [0.1, 0.15) is 194 Å². The molecule has 0 amide bonds. The van der Waals surface area contributed by atoms with E-state index in [1.165, 1.54) is 57.1 Å². The number of carbonyl (C=O) groups is 4. The van der Waals surface area contributed by atoms with Gasteiger partial charge in [-0.05, 0) is 85.8 Å². The molecule has 8 nitrogen and oxygen atoms in total. The molecule has 0 aliphatic rings. The molecule has 0 saturated carbocycles. The quantitative estimate of drug-likeness (QED) is 0.0807. The number of unbranched alkanes of at least 4 members (excludes halogenated alkanes) is 12. The van der Waals surface area contributed by atoms with Gasteiger partial charge in [-0.1, -0.05) is 117 Å². The van der Waals surface area contributed by atoms with Crippen LogP contribution in [0.4, 0.5) is 0 Å². The molecule has 2 aromatic carbocycles. The first-order chi connectivity index (χ1) is 23.0. The minimum absolute atomic E-state index is 0.00420. The van der Waals surface area contributed by atoms with E-state index in [0.29, 0.717) is 18.4 Å². The average Bonchev–Trinajstić information content (AvgIpc) is 3.05. The third-order valence-corrected chi connectivity index (χ3v) is 8.87. The van der Waals surface area contributed by atoms with Crippen molar-refractivity contribution in [2.75, 3.05) is 0 Å². The van der Waals surface area contributed by atoms with Crippen LogP contribution in [0, 0.1) is 0 Å². The number of carboxylic acid groups (broad SMARTS) is 4. The van der Waals surface area contributed by atoms with Crippen LogP contribution in [0.15, 0.2) is 24.3 Å². The summed E-state index contributed by atoms with van der Waals surface area (Å²) in [5.74, 6) is -4.61. The lowest BCUT2D eigenvalue weighted by molar-refractivity contribution is 0.0650. The van der Waals surface area contributed by atoms with Crippen molar-refractivity contribution in [3.05, 3.63) is 68.8 Å². The monoisotopic (exact) mass is 668 g/mol. The number of hydrogen-bond donors (Lipinski definition) is 4. The van der Waals surface area contributed by atoms with E-state index in [4.69, 9.17) is 5.11 Å². The third-order valence-electron chi connectivity index (χ3n) is 8.87. The highest BCUT2D eigenvalue weighted by molar-refractivity contribution is 6.03. The van der Waals surface area contributed by atoms with Crippen LogP contribution in [-0.4, -0.2) is 44.3 Å². The van der Waals surface area contributed by atoms with E-state index in [2.05, 4.69) is 20.8 Å². The zero-order chi connectivity index (χ0) is 35.9. The number of hydrogen-bond acceptors (Lipinski definition) is 4. The third kappa shape index (κ3) is 14.6. The second-order valence-electron chi connectivity index (χ2n) is 12.7. The molecule has 48 heavy (non-hydrogen) atoms. The van der Waals surface area contributed by atoms with Gasteiger partial charge in [0.1, 0.15) is 0 Å². The van der Waals surface area contributed by atoms with Crippen molar-refractivity contribution >= 4 is 23.9 Å². The first kappa shape index (κ1) is 42.3. The van der Waals surface area contributed by atoms with Crippen molar-refractivity contribution in [2.24, 2.45) is 0 Å². The summed E-state index contributed by atoms with van der Waals surface area (Å²) >= 11 is 0. The van der Waals surface area contributed by atoms with Gasteiger partial charge in [0.15, 0.2) is 0 Å². The Labute approximate surface area is 288 Å². The van der Waals surface area contributed by atoms with Gasteiger partial charge in [0, 0.05) is 0 Å². The summed E-state index contributed by atoms with van der Waals surface area (Å²) in [6, 6.07) is 6.51. The van der Waals surface area contributed by atoms with Crippen molar-refractivity contribution in [3.63, 3.8) is 0 Å². The molecule has 0 aliphatic heterocycles. The van der Waals surface area contributed by atoms with Crippen LogP contribution in [0.2, 0.25) is 0 Å². The van der Waals surface area contributed by atoms with Gasteiger partial charge in [0.05, 0.1) is 22.3 Å². The van der Waals surface area contributed by atoms with Crippen LogP contribution in [0.5, 0.6) is 0 Å². The Morgan fingerprint density at radius 3 is 1.08 bits per heavy atom. The Morgan fingerprint density at radius 2 is 0.708 bits per heavy atom. The highest BCUT2D eigenvalue weighted by atomic mass is 16.4. The summed E-state index contributed by atoms with van der Waals surface area (Å²) in [6.07, 6.45) is 20.6. The van der Waals surface area contributed by atoms with Gasteiger partial charge in [-0.2, -0.15) is 0 Å². The smallest absolute Gasteiger partial charge is 0.336 e. The molecule has 0 bridgehead atoms. The van der Waals surface area contributed by atoms with Crippen LogP contribution in [0.3, 0.4) is 0 Å². The molecule has 0 spiro atoms. The number of aryl methyl sites for hydroxylation is 2. The molecular formula is C40H60O8. The molecule has 0 radical (unpaired) electrons. The lowest BCUT2D eigenvalue weighted by Crippen LogP contribution is -2.14. The molecule has 8 heteroatoms. The van der Waals surface area contributed by atoms with Crippen molar-refractivity contribution in [1.29, 1.82) is 0 Å². The molecule has 0 unspecified atom stereocenters. The zero-order valence-corrected chi connectivity index (χ0v) is 29.9. The molecule has 0 saturated heterocycles. The van der Waals surface area contributed by atoms with Crippen molar-refractivity contribution in [3.8, 4) is 0 Å². The van der Waals surface area contributed by atoms with Gasteiger partial charge < -0.3 is 20.4 Å². The molecule has 2 rings (SSSR count). The van der Waals surface area contributed by atoms with E-state index in [1.54, 1.807) is 6.07 Å². The Kier molecular flexibility index (Phi) is 21.6. The fourth-order valence-corrected chi connectivity index (χ4v) is 6.17. The highest BCUT2D eigenvalue weighted by Crippen LogP contribution is 2.26. The minimum atomic E-state index is -1.18. The maximum atomic E-state index is 11.9. The Balaban J connectivity index is 0.000000507. The van der Waals surface area contributed by atoms with E-state index in [0.717, 1.165) is 87.3 Å². The Morgan fingerprint density at radius 1 is 0.396 bits per heavy atom. The van der Waals surface area contributed by atoms with Gasteiger partial charge >= 0.3 is 23.9 Å². The molecule has 268 valence electrons. The van der Waals surface area contributed by atoms with E-state index >= 15 is 0 Å². The topological polar surface area (TPSA) is 149 Å². The van der Waals surface area contributed by atoms with Gasteiger partial charge in [-0.25, -0.2) is 19.2 Å². The maximum Gasteiger partial charge on any atom is 0.336 e. The predicted octanol–water partition coefficient (Wildman–Crippen LogP) is 10.7. The van der Waals surface area contributed by atoms with Crippen molar-refractivity contribution in [1.82, 2.24) is 0 Å². The van der Waals surface area contributed by atoms with Gasteiger partial charge in [-0.3, -0.25) is 0 Å². The normalized spacial score (nSPS) is 10.8. The summed E-state index contributed by atoms with van der Waals surface area (Å²) in [5, 5.41) is 37.7. The molecule has 0 atom stereocenters. The van der Waals surface area contributed by atoms with Gasteiger partial charge in [0.2, 0.25) is 0 Å². The summed E-state index contributed by atoms with van der Waals surface area (Å²) in [6.45, 7) is 8.50. The highest BCUT2D eigenvalue weighted by Gasteiger charge is 2.23. The Bertz CT molecular complexity index is 1300. The summed E-state index contributed by atoms with van der Waals surface area (Å²) in [4.78, 5) is 46.1. The standard InChI is InChI=1S/C24H38O4.C16H22O4/c1-3-5-7-9-11-13-15-19-17-18-21(23(25)26)22(24(27)28)20(19)16-14-12-10-8-6-4-2;1-3-5-7-11-9-10-13(15(17)18)14(16(19)20)12(11)8-6-4-2/h17-18H,3-16H2,1-2H3,(H,25,26)(H,27,28);9-10H,3-8H2,1-2H3,(H,17,18)(H,19,20). The minimum Gasteiger partial charge on any atom is -0.478 e. The van der Waals surface area contributed by atoms with E-state index in [1.807, 2.05) is 13.0 Å². The Hall–Kier alpha value is -3.68. The fraction of sp³-hybridized carbons (Fsp3) is 0.600. The van der Waals surface area contributed by atoms with E-state index < -0.39 is 23.9 Å². The van der Waals surface area contributed by atoms with E-state index in [-0.39, 0.29) is 22.3 Å². The van der Waals surface area contributed by atoms with E-state index in [9.17, 15) is 34.5 Å². The SMILES string of the molecule is CCCCCCCCc1ccc(C(=O)O)c(C(=O)O)c1CCCCCCCC.CCCCc1ccc(C(=O)O)c(C(=O)O)c1CCCC. The lowest BCUT2D eigenvalue weighted by Gasteiger charge is -2.15. The zero-order valence-electron chi connectivity index (χ0n) is 29.9. The number of rotatable bonds is 24. The van der Waals surface area contributed by atoms with Crippen LogP contribution in [-0.2, 0) is 25.7 Å². The van der Waals surface area contributed by atoms with Crippen molar-refractivity contribution in [2.45, 2.75) is 156 Å². The summed E-state index contributed by atoms with van der Waals surface area (Å²) < 4.78 is 0. The second kappa shape index (κ2) is 24.5. The molecule has 0 heterocycles. The first-order valence-corrected chi connectivity index (χ1v) is 18.3. The van der Waals surface area contributed by atoms with Gasteiger partial charge in [-0.15, -0.1) is 0 Å². The second-order valence-corrected chi connectivity index (χ2v) is 12.7. The molecule has 2 aromatic rings. The fourth-order valence-electron chi connectivity index (χ4n) is 6.17. The molecule has 0 aliphatic carbocycles. The molecule has 4 N–H and O–H groups in total. The van der Waals surface area contributed by atoms with Crippen LogP contribution < -0.4 is 0 Å². The number of carboxylic acids is 4. The molecular weight excluding hydrogens is 608 g/mol. The van der Waals surface area contributed by atoms with Gasteiger partial charge in [0.25, 0.3) is 0 Å². The summed E-state index contributed by atoms with van der Waals surface area (Å²) in [5.41, 5.74) is 3.23. The lowest BCUT2D eigenvalue weighted by atomic mass is 9.89. The first-order valence-electron chi connectivity index (χ1n) is 18.3. The average molecular weight is 669 g/mol. The number of aromatic carboxylic acids is 4. The summed E-state index contributed by atoms with van der Waals surface area (Å²) in [7, 11) is 0. The largest absolute Gasteiger partial charge is 0.478 e. The van der Waals surface area contributed by atoms with Crippen LogP contribution >= 0.6 is 0 Å². The maximum absolute atomic E-state index is 11.9. The molecule has 0 aromatic heterocycles. The van der Waals surface area contributed by atoms with Crippen molar-refractivity contribution < 1.29 is 39.6 Å². The van der Waals surface area contributed by atoms with Crippen LogP contribution in [0.25, 0.3) is 0 Å².